The Hall–Kier alpha value is -2.51. The monoisotopic (exact) mass is 461 g/mol. The number of aromatic nitrogens is 1. The van der Waals surface area contributed by atoms with Crippen LogP contribution in [0, 0.1) is 29.6 Å². The van der Waals surface area contributed by atoms with Gasteiger partial charge in [-0.2, -0.15) is 0 Å². The van der Waals surface area contributed by atoms with Gasteiger partial charge in [0.1, 0.15) is 0 Å². The molecule has 1 unspecified atom stereocenters. The molecule has 2 aliphatic carbocycles. The molecule has 3 N–H and O–H groups in total. The predicted molar refractivity (Wildman–Crippen MR) is 128 cm³/mol. The number of nitrogens with zero attached hydrogens (tertiary/aromatic N) is 1. The van der Waals surface area contributed by atoms with Gasteiger partial charge in [0.05, 0.1) is 5.03 Å². The van der Waals surface area contributed by atoms with Crippen LogP contribution in [-0.2, 0) is 4.79 Å². The molecule has 32 heavy (non-hydrogen) atoms. The number of nitrogens with two attached hydrogens (primary N) is 1. The zero-order chi connectivity index (χ0) is 21.6. The van der Waals surface area contributed by atoms with Gasteiger partial charge in [-0.25, -0.2) is 0 Å². The minimum absolute atomic E-state index is 0.0292. The number of aromatic amines is 1. The van der Waals surface area contributed by atoms with E-state index >= 15 is 0 Å². The number of anilines is 2. The summed E-state index contributed by atoms with van der Waals surface area (Å²) in [6.07, 6.45) is 1.13. The van der Waals surface area contributed by atoms with Crippen molar-refractivity contribution in [1.29, 1.82) is 0 Å². The van der Waals surface area contributed by atoms with Crippen LogP contribution < -0.4 is 15.5 Å². The number of amides is 1. The first-order valence-electron chi connectivity index (χ1n) is 11.2. The van der Waals surface area contributed by atoms with Gasteiger partial charge in [0.25, 0.3) is 0 Å². The third-order valence-electron chi connectivity index (χ3n) is 8.18. The fourth-order valence-corrected chi connectivity index (χ4v) is 9.99. The Bertz CT molecular complexity index is 1270. The van der Waals surface area contributed by atoms with E-state index in [0.717, 1.165) is 28.6 Å². The van der Waals surface area contributed by atoms with Gasteiger partial charge in [-0.3, -0.25) is 9.59 Å². The van der Waals surface area contributed by atoms with Crippen LogP contribution in [0.4, 0.5) is 11.4 Å². The van der Waals surface area contributed by atoms with Crippen LogP contribution in [0.1, 0.15) is 22.8 Å². The molecule has 2 aliphatic heterocycles. The number of benzene rings is 2. The molecule has 7 heteroatoms. The number of fused-ring (bicyclic) bond motifs is 9. The van der Waals surface area contributed by atoms with Crippen molar-refractivity contribution in [1.82, 2.24) is 4.98 Å². The Kier molecular flexibility index (Phi) is 4.01. The summed E-state index contributed by atoms with van der Waals surface area (Å²) in [4.78, 5) is 32.2. The van der Waals surface area contributed by atoms with Gasteiger partial charge < -0.3 is 15.6 Å². The number of nitrogens with one attached hydrogen (secondary N) is 1. The summed E-state index contributed by atoms with van der Waals surface area (Å²) in [5, 5.41) is 1.50. The van der Waals surface area contributed by atoms with E-state index in [-0.39, 0.29) is 22.6 Å². The SMILES string of the molecule is Nc1ccc(N2C[C@@H]3[C@H](C2=O)[C@H]2C[C@@H]3C3Sc4[nH]c(=O)sc4[C@@H](c4ccccc4)[C@@H]32)cc1. The maximum Gasteiger partial charge on any atom is 0.305 e. The summed E-state index contributed by atoms with van der Waals surface area (Å²) in [5.41, 5.74) is 8.81. The smallest absolute Gasteiger partial charge is 0.305 e. The highest BCUT2D eigenvalue weighted by Crippen LogP contribution is 2.68. The fourth-order valence-electron chi connectivity index (χ4n) is 7.07. The second kappa shape index (κ2) is 6.75. The average molecular weight is 462 g/mol. The van der Waals surface area contributed by atoms with Gasteiger partial charge in [-0.1, -0.05) is 41.7 Å². The molecule has 1 saturated heterocycles. The van der Waals surface area contributed by atoms with Gasteiger partial charge in [-0.05, 0) is 59.9 Å². The van der Waals surface area contributed by atoms with E-state index in [1.54, 1.807) is 0 Å². The second-order valence-electron chi connectivity index (χ2n) is 9.55. The first-order chi connectivity index (χ1) is 15.6. The van der Waals surface area contributed by atoms with Crippen molar-refractivity contribution in [3.8, 4) is 0 Å². The summed E-state index contributed by atoms with van der Waals surface area (Å²) in [7, 11) is 0. The summed E-state index contributed by atoms with van der Waals surface area (Å²) in [6, 6.07) is 18.3. The second-order valence-corrected chi connectivity index (χ2v) is 11.8. The van der Waals surface area contributed by atoms with E-state index in [1.165, 1.54) is 16.9 Å². The Morgan fingerprint density at radius 1 is 0.969 bits per heavy atom. The van der Waals surface area contributed by atoms with E-state index < -0.39 is 0 Å². The summed E-state index contributed by atoms with van der Waals surface area (Å²) in [6.45, 7) is 0.793. The molecule has 0 spiro atoms. The summed E-state index contributed by atoms with van der Waals surface area (Å²) >= 11 is 3.22. The largest absolute Gasteiger partial charge is 0.399 e. The molecular formula is C25H23N3O2S2. The molecule has 1 amide bonds. The quantitative estimate of drug-likeness (QED) is 0.562. The highest BCUT2D eigenvalue weighted by molar-refractivity contribution is 8.00. The van der Waals surface area contributed by atoms with E-state index in [1.807, 2.05) is 47.0 Å². The fraction of sp³-hybridized carbons (Fsp3) is 0.360. The van der Waals surface area contributed by atoms with Crippen molar-refractivity contribution in [3.63, 3.8) is 0 Å². The highest BCUT2D eigenvalue weighted by Gasteiger charge is 2.66. The van der Waals surface area contributed by atoms with Crippen LogP contribution >= 0.6 is 23.1 Å². The van der Waals surface area contributed by atoms with E-state index in [4.69, 9.17) is 5.73 Å². The number of hydrogen-bond donors (Lipinski definition) is 2. The van der Waals surface area contributed by atoms with Crippen molar-refractivity contribution in [2.45, 2.75) is 22.6 Å². The lowest BCUT2D eigenvalue weighted by Crippen LogP contribution is -2.42. The van der Waals surface area contributed by atoms with E-state index in [2.05, 4.69) is 29.2 Å². The standard InChI is InChI=1S/C25H23N3O2S2/c26-13-6-8-14(9-7-13)28-11-17-15-10-16(19(17)24(28)29)20-18(12-4-2-1-3-5-12)22-23(31-21(15)20)27-25(30)32-22/h1-9,15-21H,10-11,26H2,(H,27,30)/t15-,16+,17-,18-,19+,20-,21?/m0/s1. The normalized spacial score (nSPS) is 34.4. The molecular weight excluding hydrogens is 438 g/mol. The number of rotatable bonds is 2. The molecule has 3 fully saturated rings. The van der Waals surface area contributed by atoms with Gasteiger partial charge in [-0.15, -0.1) is 11.8 Å². The number of thioether (sulfide) groups is 1. The molecule has 5 nitrogen and oxygen atoms in total. The molecule has 0 radical (unpaired) electrons. The van der Waals surface area contributed by atoms with Crippen LogP contribution in [-0.4, -0.2) is 22.7 Å². The maximum atomic E-state index is 13.7. The molecule has 4 aliphatic rings. The maximum absolute atomic E-state index is 13.7. The van der Waals surface area contributed by atoms with Crippen LogP contribution in [0.3, 0.4) is 0 Å². The molecule has 162 valence electrons. The zero-order valence-corrected chi connectivity index (χ0v) is 18.9. The number of nitrogen functional groups attached to an aromatic ring is 1. The molecule has 7 rings (SSSR count). The molecule has 7 atom stereocenters. The zero-order valence-electron chi connectivity index (χ0n) is 17.3. The lowest BCUT2D eigenvalue weighted by atomic mass is 9.68. The molecule has 2 saturated carbocycles. The molecule has 2 bridgehead atoms. The van der Waals surface area contributed by atoms with Crippen LogP contribution in [0.5, 0.6) is 0 Å². The van der Waals surface area contributed by atoms with Crippen molar-refractivity contribution in [2.75, 3.05) is 17.2 Å². The molecule has 3 heterocycles. The first kappa shape index (κ1) is 19.0. The van der Waals surface area contributed by atoms with Crippen molar-refractivity contribution >= 4 is 40.4 Å². The summed E-state index contributed by atoms with van der Waals surface area (Å²) in [5.74, 6) is 2.20. The minimum Gasteiger partial charge on any atom is -0.399 e. The van der Waals surface area contributed by atoms with Gasteiger partial charge >= 0.3 is 4.87 Å². The third-order valence-corrected chi connectivity index (χ3v) is 10.8. The predicted octanol–water partition coefficient (Wildman–Crippen LogP) is 4.17. The Balaban J connectivity index is 1.30. The van der Waals surface area contributed by atoms with Crippen molar-refractivity contribution in [3.05, 3.63) is 74.7 Å². The Morgan fingerprint density at radius 2 is 1.75 bits per heavy atom. The molecule has 3 aromatic rings. The van der Waals surface area contributed by atoms with Gasteiger partial charge in [0.2, 0.25) is 5.91 Å². The minimum atomic E-state index is 0.0292. The van der Waals surface area contributed by atoms with Crippen LogP contribution in [0.25, 0.3) is 0 Å². The number of carbonyl (C=O) groups excluding carboxylic acids is 1. The van der Waals surface area contributed by atoms with Crippen LogP contribution in [0.15, 0.2) is 64.4 Å². The Labute approximate surface area is 194 Å². The highest BCUT2D eigenvalue weighted by atomic mass is 32.2. The number of H-pyrrole nitrogens is 1. The van der Waals surface area contributed by atoms with E-state index in [9.17, 15) is 9.59 Å². The Morgan fingerprint density at radius 3 is 2.53 bits per heavy atom. The van der Waals surface area contributed by atoms with Gasteiger partial charge in [0, 0.05) is 39.9 Å². The lowest BCUT2D eigenvalue weighted by Gasteiger charge is -2.43. The average Bonchev–Trinajstić information content (AvgIpc) is 3.53. The first-order valence-corrected chi connectivity index (χ1v) is 12.9. The van der Waals surface area contributed by atoms with Crippen LogP contribution in [0.2, 0.25) is 0 Å². The molecule has 1 aromatic heterocycles. The van der Waals surface area contributed by atoms with Gasteiger partial charge in [0.15, 0.2) is 0 Å². The third kappa shape index (κ3) is 2.52. The number of hydrogen-bond acceptors (Lipinski definition) is 5. The number of thiazole rings is 1. The van der Waals surface area contributed by atoms with Crippen molar-refractivity contribution < 1.29 is 4.79 Å². The topological polar surface area (TPSA) is 79.2 Å². The van der Waals surface area contributed by atoms with Crippen molar-refractivity contribution in [2.24, 2.45) is 29.6 Å². The molecule has 2 aromatic carbocycles. The number of carbonyl (C=O) groups is 1. The van der Waals surface area contributed by atoms with E-state index in [0.29, 0.717) is 34.6 Å². The summed E-state index contributed by atoms with van der Waals surface area (Å²) < 4.78 is 0. The lowest BCUT2D eigenvalue weighted by molar-refractivity contribution is -0.122.